The Hall–Kier alpha value is -1.81. The van der Waals surface area contributed by atoms with Gasteiger partial charge in [-0.25, -0.2) is 13.4 Å². The van der Waals surface area contributed by atoms with Crippen molar-refractivity contribution in [3.05, 3.63) is 53.0 Å². The fourth-order valence-corrected chi connectivity index (χ4v) is 5.79. The second kappa shape index (κ2) is 10.00. The second-order valence-electron chi connectivity index (χ2n) is 7.19. The van der Waals surface area contributed by atoms with Crippen molar-refractivity contribution in [1.82, 2.24) is 9.88 Å². The van der Waals surface area contributed by atoms with Gasteiger partial charge >= 0.3 is 0 Å². The fourth-order valence-electron chi connectivity index (χ4n) is 2.98. The van der Waals surface area contributed by atoms with Crippen LogP contribution in [0.2, 0.25) is 0 Å². The Bertz CT molecular complexity index is 1110. The quantitative estimate of drug-likeness (QED) is 0.432. The summed E-state index contributed by atoms with van der Waals surface area (Å²) in [5, 5.41) is 0.601. The minimum atomic E-state index is -3.51. The van der Waals surface area contributed by atoms with Crippen LogP contribution in [0.3, 0.4) is 0 Å². The molecule has 0 aliphatic heterocycles. The Morgan fingerprint density at radius 3 is 2.53 bits per heavy atom. The number of carbonyl (C=O) groups excluding carboxylic acids is 1. The van der Waals surface area contributed by atoms with Crippen LogP contribution in [-0.4, -0.2) is 57.1 Å². The molecule has 0 fully saturated rings. The average Bonchev–Trinajstić information content (AvgIpc) is 3.12. The first kappa shape index (κ1) is 22.9. The maximum absolute atomic E-state index is 13.0. The maximum Gasteiger partial charge on any atom is 0.229 e. The third-order valence-corrected chi connectivity index (χ3v) is 7.81. The van der Waals surface area contributed by atoms with Crippen LogP contribution in [0.4, 0.5) is 5.13 Å². The Morgan fingerprint density at radius 2 is 1.83 bits per heavy atom. The third kappa shape index (κ3) is 5.87. The third-order valence-electron chi connectivity index (χ3n) is 4.55. The predicted molar refractivity (Wildman–Crippen MR) is 126 cm³/mol. The van der Waals surface area contributed by atoms with Gasteiger partial charge in [0.2, 0.25) is 5.91 Å². The van der Waals surface area contributed by atoms with Crippen molar-refractivity contribution < 1.29 is 13.2 Å². The van der Waals surface area contributed by atoms with Gasteiger partial charge in [-0.15, -0.1) is 0 Å². The molecule has 6 nitrogen and oxygen atoms in total. The van der Waals surface area contributed by atoms with Crippen LogP contribution >= 0.6 is 27.3 Å². The standard InChI is InChI=1S/C21H24BrN3O3S2/c1-24(2)12-6-13-25(21-23-18-10-9-16(22)15-19(18)29-21)20(26)11-14-30(27,28)17-7-4-3-5-8-17/h3-5,7-10,15H,6,11-14H2,1-2H3. The highest BCUT2D eigenvalue weighted by molar-refractivity contribution is 9.10. The van der Waals surface area contributed by atoms with Gasteiger partial charge in [-0.3, -0.25) is 9.69 Å². The number of halogens is 1. The largest absolute Gasteiger partial charge is 0.309 e. The molecule has 0 spiro atoms. The van der Waals surface area contributed by atoms with E-state index in [1.54, 1.807) is 35.2 Å². The molecule has 0 atom stereocenters. The number of hydrogen-bond acceptors (Lipinski definition) is 6. The Morgan fingerprint density at radius 1 is 1.10 bits per heavy atom. The van der Waals surface area contributed by atoms with E-state index in [4.69, 9.17) is 0 Å². The molecule has 0 aliphatic rings. The summed E-state index contributed by atoms with van der Waals surface area (Å²) in [6, 6.07) is 14.0. The summed E-state index contributed by atoms with van der Waals surface area (Å²) >= 11 is 4.90. The molecule has 0 saturated heterocycles. The summed E-state index contributed by atoms with van der Waals surface area (Å²) in [7, 11) is 0.446. The molecule has 9 heteroatoms. The van der Waals surface area contributed by atoms with Crippen LogP contribution in [0.25, 0.3) is 10.2 Å². The van der Waals surface area contributed by atoms with Crippen LogP contribution in [0.1, 0.15) is 12.8 Å². The van der Waals surface area contributed by atoms with Crippen LogP contribution in [0.15, 0.2) is 57.9 Å². The highest BCUT2D eigenvalue weighted by atomic mass is 79.9. The number of carbonyl (C=O) groups is 1. The molecule has 30 heavy (non-hydrogen) atoms. The van der Waals surface area contributed by atoms with E-state index in [2.05, 4.69) is 25.8 Å². The molecular formula is C21H24BrN3O3S2. The zero-order valence-electron chi connectivity index (χ0n) is 16.9. The first-order valence-electron chi connectivity index (χ1n) is 9.55. The molecule has 3 aromatic rings. The van der Waals surface area contributed by atoms with E-state index in [1.165, 1.54) is 11.3 Å². The van der Waals surface area contributed by atoms with Gasteiger partial charge in [0, 0.05) is 17.4 Å². The van der Waals surface area contributed by atoms with E-state index in [-0.39, 0.29) is 23.0 Å². The molecule has 1 aromatic heterocycles. The summed E-state index contributed by atoms with van der Waals surface area (Å²) in [5.41, 5.74) is 0.820. The van der Waals surface area contributed by atoms with Crippen LogP contribution in [0.5, 0.6) is 0 Å². The first-order valence-corrected chi connectivity index (χ1v) is 12.8. The molecule has 1 heterocycles. The number of amides is 1. The molecule has 0 radical (unpaired) electrons. The Balaban J connectivity index is 1.79. The highest BCUT2D eigenvalue weighted by Crippen LogP contribution is 2.31. The minimum absolute atomic E-state index is 0.0845. The molecule has 3 rings (SSSR count). The number of thiazole rings is 1. The van der Waals surface area contributed by atoms with Crippen LogP contribution in [0, 0.1) is 0 Å². The fraction of sp³-hybridized carbons (Fsp3) is 0.333. The van der Waals surface area contributed by atoms with E-state index >= 15 is 0 Å². The minimum Gasteiger partial charge on any atom is -0.309 e. The number of nitrogens with zero attached hydrogens (tertiary/aromatic N) is 3. The number of benzene rings is 2. The molecule has 0 unspecified atom stereocenters. The van der Waals surface area contributed by atoms with Gasteiger partial charge in [-0.05, 0) is 57.4 Å². The van der Waals surface area contributed by atoms with E-state index in [0.29, 0.717) is 11.7 Å². The SMILES string of the molecule is CN(C)CCCN(C(=O)CCS(=O)(=O)c1ccccc1)c1nc2ccc(Br)cc2s1. The normalized spacial score (nSPS) is 11.9. The first-order chi connectivity index (χ1) is 14.3. The topological polar surface area (TPSA) is 70.6 Å². The smallest absolute Gasteiger partial charge is 0.229 e. The molecule has 1 amide bonds. The summed E-state index contributed by atoms with van der Waals surface area (Å²) in [6.45, 7) is 1.31. The van der Waals surface area contributed by atoms with Crippen molar-refractivity contribution in [3.8, 4) is 0 Å². The summed E-state index contributed by atoms with van der Waals surface area (Å²) < 4.78 is 27.1. The van der Waals surface area contributed by atoms with Gasteiger partial charge < -0.3 is 4.90 Å². The molecule has 0 bridgehead atoms. The van der Waals surface area contributed by atoms with E-state index in [9.17, 15) is 13.2 Å². The predicted octanol–water partition coefficient (Wildman–Crippen LogP) is 4.21. The lowest BCUT2D eigenvalue weighted by molar-refractivity contribution is -0.118. The summed E-state index contributed by atoms with van der Waals surface area (Å²) in [6.07, 6.45) is 0.683. The van der Waals surface area contributed by atoms with Crippen molar-refractivity contribution in [2.45, 2.75) is 17.7 Å². The van der Waals surface area contributed by atoms with Crippen LogP contribution < -0.4 is 4.90 Å². The monoisotopic (exact) mass is 509 g/mol. The van der Waals surface area contributed by atoms with Gasteiger partial charge in [0.15, 0.2) is 15.0 Å². The number of fused-ring (bicyclic) bond motifs is 1. The number of hydrogen-bond donors (Lipinski definition) is 0. The van der Waals surface area contributed by atoms with Gasteiger partial charge in [0.05, 0.1) is 20.9 Å². The van der Waals surface area contributed by atoms with Gasteiger partial charge in [0.25, 0.3) is 0 Å². The average molecular weight is 510 g/mol. The lowest BCUT2D eigenvalue weighted by atomic mass is 10.3. The lowest BCUT2D eigenvalue weighted by Gasteiger charge is -2.21. The van der Waals surface area contributed by atoms with Crippen molar-refractivity contribution in [2.75, 3.05) is 37.8 Å². The number of sulfone groups is 1. The van der Waals surface area contributed by atoms with Gasteiger partial charge in [-0.2, -0.15) is 0 Å². The van der Waals surface area contributed by atoms with Crippen molar-refractivity contribution in [2.24, 2.45) is 0 Å². The van der Waals surface area contributed by atoms with E-state index in [0.717, 1.165) is 27.7 Å². The van der Waals surface area contributed by atoms with Gasteiger partial charge in [0.1, 0.15) is 0 Å². The molecular weight excluding hydrogens is 486 g/mol. The molecule has 2 aromatic carbocycles. The van der Waals surface area contributed by atoms with E-state index < -0.39 is 9.84 Å². The molecule has 0 aliphatic carbocycles. The van der Waals surface area contributed by atoms with Crippen LogP contribution in [-0.2, 0) is 14.6 Å². The van der Waals surface area contributed by atoms with Crippen molar-refractivity contribution in [3.63, 3.8) is 0 Å². The van der Waals surface area contributed by atoms with E-state index in [1.807, 2.05) is 32.3 Å². The number of rotatable bonds is 9. The van der Waals surface area contributed by atoms with Gasteiger partial charge in [-0.1, -0.05) is 45.5 Å². The highest BCUT2D eigenvalue weighted by Gasteiger charge is 2.23. The second-order valence-corrected chi connectivity index (χ2v) is 11.2. The number of anilines is 1. The number of aromatic nitrogens is 1. The lowest BCUT2D eigenvalue weighted by Crippen LogP contribution is -2.34. The zero-order chi connectivity index (χ0) is 21.7. The summed E-state index contributed by atoms with van der Waals surface area (Å²) in [5.74, 6) is -0.456. The summed E-state index contributed by atoms with van der Waals surface area (Å²) in [4.78, 5) is 21.6. The Labute approximate surface area is 189 Å². The Kier molecular flexibility index (Phi) is 7.62. The van der Waals surface area contributed by atoms with Crippen molar-refractivity contribution in [1.29, 1.82) is 0 Å². The molecule has 160 valence electrons. The molecule has 0 saturated carbocycles. The van der Waals surface area contributed by atoms with Crippen molar-refractivity contribution >= 4 is 58.4 Å². The molecule has 0 N–H and O–H groups in total. The zero-order valence-corrected chi connectivity index (χ0v) is 20.1. The maximum atomic E-state index is 13.0.